The van der Waals surface area contributed by atoms with Crippen LogP contribution in [0.25, 0.3) is 0 Å². The molecule has 0 radical (unpaired) electrons. The Morgan fingerprint density at radius 2 is 1.83 bits per heavy atom. The molecule has 1 rings (SSSR count). The second-order valence-corrected chi connectivity index (χ2v) is 7.37. The second kappa shape index (κ2) is 13.1. The van der Waals surface area contributed by atoms with Crippen molar-refractivity contribution in [2.45, 2.75) is 62.7 Å². The number of hydrogen-bond acceptors (Lipinski definition) is 8. The summed E-state index contributed by atoms with van der Waals surface area (Å²) in [4.78, 5) is 49.5. The highest BCUT2D eigenvalue weighted by atomic mass is 16.4. The van der Waals surface area contributed by atoms with Gasteiger partial charge >= 0.3 is 11.9 Å². The summed E-state index contributed by atoms with van der Waals surface area (Å²) in [5.41, 5.74) is 11.1. The van der Waals surface area contributed by atoms with Crippen molar-refractivity contribution in [3.8, 4) is 0 Å². The number of unbranched alkanes of at least 4 members (excludes halogenated alkanes) is 1. The first-order valence-electron chi connectivity index (χ1n) is 10.1. The molecule has 0 aromatic rings. The number of nitrogens with two attached hydrogens (primary N) is 2. The summed E-state index contributed by atoms with van der Waals surface area (Å²) in [6, 6.07) is -3.79. The second-order valence-electron chi connectivity index (χ2n) is 7.37. The van der Waals surface area contributed by atoms with E-state index in [0.29, 0.717) is 32.2 Å². The highest BCUT2D eigenvalue weighted by molar-refractivity contribution is 5.93. The number of nitrogens with zero attached hydrogens (tertiary/aromatic N) is 1. The van der Waals surface area contributed by atoms with Gasteiger partial charge in [0.25, 0.3) is 0 Å². The first-order valence-corrected chi connectivity index (χ1v) is 10.1. The van der Waals surface area contributed by atoms with Gasteiger partial charge in [-0.05, 0) is 38.6 Å². The van der Waals surface area contributed by atoms with Gasteiger partial charge in [-0.15, -0.1) is 0 Å². The van der Waals surface area contributed by atoms with Gasteiger partial charge in [0.05, 0.1) is 19.1 Å². The average Bonchev–Trinajstić information content (AvgIpc) is 3.19. The number of likely N-dealkylation sites (tertiary alicyclic amines) is 1. The minimum Gasteiger partial charge on any atom is -0.481 e. The standard InChI is InChI=1S/C18H33N5O7/c19-6-2-1-4-12(17(28)23-7-3-5-14(23)18(29)30)22-16(27)13(8-15(25)26)21-9-11(20)10-24/h11-14,21,24H,1-10,19-20H2,(H,22,27)(H,25,26)(H,29,30)/t11-,12+,13+,14+/m1/s1. The summed E-state index contributed by atoms with van der Waals surface area (Å²) in [6.45, 7) is 0.334. The van der Waals surface area contributed by atoms with Crippen molar-refractivity contribution in [3.63, 3.8) is 0 Å². The molecule has 0 aromatic carbocycles. The molecule has 9 N–H and O–H groups in total. The molecule has 0 spiro atoms. The Labute approximate surface area is 175 Å². The molecule has 0 unspecified atom stereocenters. The number of aliphatic hydroxyl groups excluding tert-OH is 1. The Hall–Kier alpha value is -2.28. The minimum atomic E-state index is -1.23. The van der Waals surface area contributed by atoms with Gasteiger partial charge in [-0.25, -0.2) is 4.79 Å². The highest BCUT2D eigenvalue weighted by Gasteiger charge is 2.38. The van der Waals surface area contributed by atoms with E-state index in [2.05, 4.69) is 10.6 Å². The Kier molecular flexibility index (Phi) is 11.3. The van der Waals surface area contributed by atoms with E-state index < -0.39 is 54.3 Å². The van der Waals surface area contributed by atoms with Crippen LogP contribution >= 0.6 is 0 Å². The molecule has 1 heterocycles. The molecule has 4 atom stereocenters. The van der Waals surface area contributed by atoms with Crippen LogP contribution in [-0.4, -0.2) is 94.4 Å². The van der Waals surface area contributed by atoms with E-state index in [4.69, 9.17) is 21.7 Å². The largest absolute Gasteiger partial charge is 0.481 e. The van der Waals surface area contributed by atoms with Crippen LogP contribution in [0.1, 0.15) is 38.5 Å². The van der Waals surface area contributed by atoms with Crippen molar-refractivity contribution in [2.75, 3.05) is 26.2 Å². The number of aliphatic carboxylic acids is 2. The summed E-state index contributed by atoms with van der Waals surface area (Å²) in [7, 11) is 0. The summed E-state index contributed by atoms with van der Waals surface area (Å²) in [6.07, 6.45) is 1.74. The van der Waals surface area contributed by atoms with Gasteiger partial charge in [-0.3, -0.25) is 14.4 Å². The first-order chi connectivity index (χ1) is 14.2. The molecule has 1 aliphatic rings. The summed E-state index contributed by atoms with van der Waals surface area (Å²) < 4.78 is 0. The number of carboxylic acids is 2. The molecular weight excluding hydrogens is 398 g/mol. The van der Waals surface area contributed by atoms with Gasteiger partial charge in [-0.1, -0.05) is 0 Å². The fraction of sp³-hybridized carbons (Fsp3) is 0.778. The Morgan fingerprint density at radius 1 is 1.13 bits per heavy atom. The maximum Gasteiger partial charge on any atom is 0.326 e. The van der Waals surface area contributed by atoms with Crippen molar-refractivity contribution in [3.05, 3.63) is 0 Å². The number of hydrogen-bond donors (Lipinski definition) is 7. The van der Waals surface area contributed by atoms with Gasteiger partial charge in [-0.2, -0.15) is 0 Å². The quantitative estimate of drug-likeness (QED) is 0.143. The maximum absolute atomic E-state index is 13.0. The summed E-state index contributed by atoms with van der Waals surface area (Å²) in [5.74, 6) is -3.54. The summed E-state index contributed by atoms with van der Waals surface area (Å²) in [5, 5.41) is 32.7. The van der Waals surface area contributed by atoms with Crippen LogP contribution in [0.5, 0.6) is 0 Å². The van der Waals surface area contributed by atoms with Crippen molar-refractivity contribution < 1.29 is 34.5 Å². The molecule has 2 amide bonds. The summed E-state index contributed by atoms with van der Waals surface area (Å²) >= 11 is 0. The van der Waals surface area contributed by atoms with Crippen LogP contribution in [-0.2, 0) is 19.2 Å². The fourth-order valence-electron chi connectivity index (χ4n) is 3.30. The molecule has 0 saturated carbocycles. The number of carboxylic acid groups (broad SMARTS) is 2. The number of carbonyl (C=O) groups is 4. The number of rotatable bonds is 14. The zero-order valence-corrected chi connectivity index (χ0v) is 17.0. The van der Waals surface area contributed by atoms with E-state index in [1.165, 1.54) is 4.90 Å². The normalized spacial score (nSPS) is 19.2. The van der Waals surface area contributed by atoms with Crippen molar-refractivity contribution >= 4 is 23.8 Å². The van der Waals surface area contributed by atoms with E-state index in [1.54, 1.807) is 0 Å². The Bertz CT molecular complexity index is 603. The minimum absolute atomic E-state index is 0.000860. The smallest absolute Gasteiger partial charge is 0.326 e. The van der Waals surface area contributed by atoms with Gasteiger partial charge in [0.15, 0.2) is 0 Å². The van der Waals surface area contributed by atoms with Gasteiger partial charge in [0.2, 0.25) is 11.8 Å². The van der Waals surface area contributed by atoms with Crippen LogP contribution < -0.4 is 22.1 Å². The maximum atomic E-state index is 13.0. The third-order valence-electron chi connectivity index (χ3n) is 4.94. The van der Waals surface area contributed by atoms with Crippen molar-refractivity contribution in [1.29, 1.82) is 0 Å². The molecule has 1 aliphatic heterocycles. The molecule has 0 bridgehead atoms. The van der Waals surface area contributed by atoms with Gasteiger partial charge in [0, 0.05) is 19.1 Å². The molecule has 0 aliphatic carbocycles. The first kappa shape index (κ1) is 25.8. The van der Waals surface area contributed by atoms with E-state index in [-0.39, 0.29) is 26.1 Å². The van der Waals surface area contributed by atoms with E-state index in [9.17, 15) is 24.3 Å². The Balaban J connectivity index is 2.91. The van der Waals surface area contributed by atoms with E-state index in [0.717, 1.165) is 0 Å². The van der Waals surface area contributed by atoms with Crippen LogP contribution in [0.2, 0.25) is 0 Å². The lowest BCUT2D eigenvalue weighted by Crippen LogP contribution is -2.56. The SMILES string of the molecule is NCCCC[C@H](NC(=O)[C@H](CC(=O)O)NC[C@@H](N)CO)C(=O)N1CCC[C@H]1C(=O)O. The predicted octanol–water partition coefficient (Wildman–Crippen LogP) is -2.57. The molecule has 12 nitrogen and oxygen atoms in total. The van der Waals surface area contributed by atoms with Gasteiger partial charge in [0.1, 0.15) is 12.1 Å². The number of aliphatic hydroxyl groups is 1. The lowest BCUT2D eigenvalue weighted by Gasteiger charge is -2.28. The van der Waals surface area contributed by atoms with Crippen LogP contribution in [0.3, 0.4) is 0 Å². The van der Waals surface area contributed by atoms with Crippen LogP contribution in [0.15, 0.2) is 0 Å². The number of nitrogens with one attached hydrogen (secondary N) is 2. The fourth-order valence-corrected chi connectivity index (χ4v) is 3.30. The van der Waals surface area contributed by atoms with Crippen LogP contribution in [0, 0.1) is 0 Å². The molecule has 172 valence electrons. The zero-order chi connectivity index (χ0) is 22.7. The highest BCUT2D eigenvalue weighted by Crippen LogP contribution is 2.20. The van der Waals surface area contributed by atoms with Crippen LogP contribution in [0.4, 0.5) is 0 Å². The molecular formula is C18H33N5O7. The van der Waals surface area contributed by atoms with E-state index in [1.807, 2.05) is 0 Å². The molecule has 12 heteroatoms. The molecule has 30 heavy (non-hydrogen) atoms. The third kappa shape index (κ3) is 8.22. The van der Waals surface area contributed by atoms with Crippen molar-refractivity contribution in [1.82, 2.24) is 15.5 Å². The molecule has 0 aromatic heterocycles. The third-order valence-corrected chi connectivity index (χ3v) is 4.94. The zero-order valence-electron chi connectivity index (χ0n) is 17.0. The average molecular weight is 431 g/mol. The number of carbonyl (C=O) groups excluding carboxylic acids is 2. The molecule has 1 saturated heterocycles. The van der Waals surface area contributed by atoms with Gasteiger partial charge < -0.3 is 42.3 Å². The molecule has 1 fully saturated rings. The lowest BCUT2D eigenvalue weighted by molar-refractivity contribution is -0.149. The monoisotopic (exact) mass is 431 g/mol. The van der Waals surface area contributed by atoms with E-state index >= 15 is 0 Å². The topological polar surface area (TPSA) is 208 Å². The Morgan fingerprint density at radius 3 is 2.40 bits per heavy atom. The predicted molar refractivity (Wildman–Crippen MR) is 106 cm³/mol. The lowest BCUT2D eigenvalue weighted by atomic mass is 10.1. The van der Waals surface area contributed by atoms with Crippen molar-refractivity contribution in [2.24, 2.45) is 11.5 Å². The number of amides is 2.